The Kier molecular flexibility index (Phi) is 4.27. The highest BCUT2D eigenvalue weighted by atomic mass is 32.2. The Balaban J connectivity index is 2.09. The van der Waals surface area contributed by atoms with E-state index in [-0.39, 0.29) is 6.10 Å². The maximum absolute atomic E-state index is 10.3. The molecular weight excluding hydrogens is 218 g/mol. The van der Waals surface area contributed by atoms with E-state index in [1.807, 2.05) is 23.9 Å². The van der Waals surface area contributed by atoms with Gasteiger partial charge in [0.05, 0.1) is 6.10 Å². The summed E-state index contributed by atoms with van der Waals surface area (Å²) in [6.45, 7) is 0.666. The van der Waals surface area contributed by atoms with Crippen LogP contribution in [0.15, 0.2) is 24.3 Å². The van der Waals surface area contributed by atoms with Crippen LogP contribution in [0.3, 0.4) is 0 Å². The van der Waals surface area contributed by atoms with Crippen molar-refractivity contribution in [1.82, 2.24) is 0 Å². The van der Waals surface area contributed by atoms with Crippen LogP contribution < -0.4 is 5.73 Å². The molecule has 0 saturated carbocycles. The summed E-state index contributed by atoms with van der Waals surface area (Å²) < 4.78 is 0. The summed E-state index contributed by atoms with van der Waals surface area (Å²) >= 11 is 1.94. The molecule has 88 valence electrons. The molecule has 1 heterocycles. The van der Waals surface area contributed by atoms with E-state index >= 15 is 0 Å². The van der Waals surface area contributed by atoms with Crippen LogP contribution in [0.5, 0.6) is 0 Å². The van der Waals surface area contributed by atoms with Gasteiger partial charge in [-0.2, -0.15) is 11.8 Å². The summed E-state index contributed by atoms with van der Waals surface area (Å²) in [6, 6.07) is 8.21. The molecule has 2 unspecified atom stereocenters. The summed E-state index contributed by atoms with van der Waals surface area (Å²) in [5.74, 6) is 2.70. The average molecular weight is 237 g/mol. The molecule has 3 heteroatoms. The summed E-state index contributed by atoms with van der Waals surface area (Å²) in [6.07, 6.45) is 1.72. The Morgan fingerprint density at radius 3 is 3.06 bits per heavy atom. The molecule has 0 spiro atoms. The lowest BCUT2D eigenvalue weighted by Crippen LogP contribution is -2.12. The molecule has 2 atom stereocenters. The second-order valence-corrected chi connectivity index (χ2v) is 5.50. The van der Waals surface area contributed by atoms with Gasteiger partial charge < -0.3 is 10.8 Å². The predicted molar refractivity (Wildman–Crippen MR) is 69.6 cm³/mol. The normalized spacial score (nSPS) is 22.2. The Morgan fingerprint density at radius 1 is 1.50 bits per heavy atom. The maximum atomic E-state index is 10.3. The Hall–Kier alpha value is -0.510. The highest BCUT2D eigenvalue weighted by Crippen LogP contribution is 2.34. The van der Waals surface area contributed by atoms with Crippen LogP contribution in [0.25, 0.3) is 0 Å². The van der Waals surface area contributed by atoms with E-state index in [0.717, 1.165) is 24.2 Å². The largest absolute Gasteiger partial charge is 0.388 e. The van der Waals surface area contributed by atoms with E-state index in [1.54, 1.807) is 0 Å². The predicted octanol–water partition coefficient (Wildman–Crippen LogP) is 1.97. The van der Waals surface area contributed by atoms with Crippen molar-refractivity contribution in [3.8, 4) is 0 Å². The number of aliphatic hydroxyl groups is 1. The van der Waals surface area contributed by atoms with Crippen molar-refractivity contribution in [2.75, 3.05) is 18.1 Å². The molecule has 1 aromatic carbocycles. The van der Waals surface area contributed by atoms with Crippen LogP contribution in [0.4, 0.5) is 0 Å². The van der Waals surface area contributed by atoms with Gasteiger partial charge in [0.15, 0.2) is 0 Å². The molecule has 1 fully saturated rings. The molecule has 1 saturated heterocycles. The van der Waals surface area contributed by atoms with Crippen molar-refractivity contribution >= 4 is 11.8 Å². The highest BCUT2D eigenvalue weighted by molar-refractivity contribution is 7.99. The van der Waals surface area contributed by atoms with E-state index in [9.17, 15) is 5.11 Å². The molecule has 0 aliphatic carbocycles. The fourth-order valence-electron chi connectivity index (χ4n) is 2.17. The van der Waals surface area contributed by atoms with E-state index in [1.165, 1.54) is 11.3 Å². The van der Waals surface area contributed by atoms with Crippen molar-refractivity contribution in [3.63, 3.8) is 0 Å². The van der Waals surface area contributed by atoms with E-state index in [4.69, 9.17) is 5.73 Å². The topological polar surface area (TPSA) is 46.2 Å². The van der Waals surface area contributed by atoms with Gasteiger partial charge in [-0.15, -0.1) is 0 Å². The first-order valence-electron chi connectivity index (χ1n) is 5.86. The summed E-state index contributed by atoms with van der Waals surface area (Å²) in [7, 11) is 0. The lowest BCUT2D eigenvalue weighted by molar-refractivity contribution is 0.121. The van der Waals surface area contributed by atoms with Crippen molar-refractivity contribution in [2.24, 2.45) is 11.7 Å². The first-order chi connectivity index (χ1) is 7.81. The Bertz CT molecular complexity index is 336. The monoisotopic (exact) mass is 237 g/mol. The second kappa shape index (κ2) is 5.71. The molecular formula is C13H19NOS. The lowest BCUT2D eigenvalue weighted by atomic mass is 9.94. The van der Waals surface area contributed by atoms with E-state index in [0.29, 0.717) is 12.5 Å². The van der Waals surface area contributed by atoms with Crippen molar-refractivity contribution in [2.45, 2.75) is 18.9 Å². The minimum atomic E-state index is -0.298. The van der Waals surface area contributed by atoms with E-state index in [2.05, 4.69) is 12.1 Å². The van der Waals surface area contributed by atoms with Gasteiger partial charge in [-0.3, -0.25) is 0 Å². The summed E-state index contributed by atoms with van der Waals surface area (Å²) in [4.78, 5) is 0. The van der Waals surface area contributed by atoms with Gasteiger partial charge in [0.25, 0.3) is 0 Å². The van der Waals surface area contributed by atoms with Gasteiger partial charge in [0.1, 0.15) is 0 Å². The van der Waals surface area contributed by atoms with Crippen LogP contribution in [0, 0.1) is 5.92 Å². The van der Waals surface area contributed by atoms with Crippen LogP contribution in [0.2, 0.25) is 0 Å². The average Bonchev–Trinajstić information content (AvgIpc) is 2.82. The molecule has 1 aromatic rings. The Labute approximate surface area is 101 Å². The number of nitrogens with two attached hydrogens (primary N) is 1. The molecule has 2 rings (SSSR count). The molecule has 0 aromatic heterocycles. The number of hydrogen-bond acceptors (Lipinski definition) is 3. The zero-order valence-electron chi connectivity index (χ0n) is 9.43. The van der Waals surface area contributed by atoms with Crippen molar-refractivity contribution in [1.29, 1.82) is 0 Å². The molecule has 2 nitrogen and oxygen atoms in total. The van der Waals surface area contributed by atoms with Crippen LogP contribution in [-0.2, 0) is 6.42 Å². The van der Waals surface area contributed by atoms with Gasteiger partial charge in [-0.1, -0.05) is 24.3 Å². The third kappa shape index (κ3) is 2.78. The minimum Gasteiger partial charge on any atom is -0.388 e. The van der Waals surface area contributed by atoms with Gasteiger partial charge in [-0.25, -0.2) is 0 Å². The maximum Gasteiger partial charge on any atom is 0.0826 e. The molecule has 1 aliphatic heterocycles. The smallest absolute Gasteiger partial charge is 0.0826 e. The van der Waals surface area contributed by atoms with Gasteiger partial charge in [-0.05, 0) is 47.9 Å². The highest BCUT2D eigenvalue weighted by Gasteiger charge is 2.24. The zero-order chi connectivity index (χ0) is 11.4. The zero-order valence-corrected chi connectivity index (χ0v) is 10.2. The first kappa shape index (κ1) is 12.0. The molecule has 0 amide bonds. The number of rotatable bonds is 4. The molecule has 3 N–H and O–H groups in total. The quantitative estimate of drug-likeness (QED) is 0.841. The third-order valence-corrected chi connectivity index (χ3v) is 4.33. The fourth-order valence-corrected chi connectivity index (χ4v) is 3.46. The molecule has 0 radical (unpaired) electrons. The van der Waals surface area contributed by atoms with Crippen molar-refractivity contribution in [3.05, 3.63) is 35.4 Å². The van der Waals surface area contributed by atoms with Crippen molar-refractivity contribution < 1.29 is 5.11 Å². The number of aliphatic hydroxyl groups excluding tert-OH is 1. The minimum absolute atomic E-state index is 0.298. The fraction of sp³-hybridized carbons (Fsp3) is 0.538. The van der Waals surface area contributed by atoms with Gasteiger partial charge >= 0.3 is 0 Å². The lowest BCUT2D eigenvalue weighted by Gasteiger charge is -2.18. The molecule has 0 bridgehead atoms. The molecule has 16 heavy (non-hydrogen) atoms. The third-order valence-electron chi connectivity index (χ3n) is 3.14. The SMILES string of the molecule is NCCc1cccc(C(O)C2CCSC2)c1. The standard InChI is InChI=1S/C13H19NOS/c14-6-4-10-2-1-3-11(8-10)13(15)12-5-7-16-9-12/h1-3,8,12-13,15H,4-7,9,14H2. The van der Waals surface area contributed by atoms with Gasteiger partial charge in [0, 0.05) is 0 Å². The van der Waals surface area contributed by atoms with E-state index < -0.39 is 0 Å². The summed E-state index contributed by atoms with van der Waals surface area (Å²) in [5.41, 5.74) is 7.82. The van der Waals surface area contributed by atoms with Crippen LogP contribution >= 0.6 is 11.8 Å². The summed E-state index contributed by atoms with van der Waals surface area (Å²) in [5, 5.41) is 10.3. The number of thioether (sulfide) groups is 1. The number of hydrogen-bond donors (Lipinski definition) is 2. The van der Waals surface area contributed by atoms with Crippen LogP contribution in [0.1, 0.15) is 23.7 Å². The van der Waals surface area contributed by atoms with Crippen LogP contribution in [-0.4, -0.2) is 23.2 Å². The molecule has 1 aliphatic rings. The number of benzene rings is 1. The van der Waals surface area contributed by atoms with Gasteiger partial charge in [0.2, 0.25) is 0 Å². The Morgan fingerprint density at radius 2 is 2.38 bits per heavy atom. The second-order valence-electron chi connectivity index (χ2n) is 4.35. The first-order valence-corrected chi connectivity index (χ1v) is 7.01.